The minimum Gasteiger partial charge on any atom is -0.494 e. The van der Waals surface area contributed by atoms with E-state index in [0.29, 0.717) is 0 Å². The van der Waals surface area contributed by atoms with Gasteiger partial charge in [-0.05, 0) is 35.6 Å². The molecule has 0 spiro atoms. The molecule has 2 aromatic carbocycles. The van der Waals surface area contributed by atoms with E-state index in [4.69, 9.17) is 4.74 Å². The molecule has 0 aliphatic carbocycles. The molecular formula is C17H22O. The lowest BCUT2D eigenvalue weighted by atomic mass is 9.85. The van der Waals surface area contributed by atoms with Gasteiger partial charge in [0.25, 0.3) is 0 Å². The average Bonchev–Trinajstić information content (AvgIpc) is 2.31. The molecule has 1 nitrogen and oxygen atoms in total. The molecule has 0 amide bonds. The largest absolute Gasteiger partial charge is 0.494 e. The summed E-state index contributed by atoms with van der Waals surface area (Å²) in [4.78, 5) is 0. The average molecular weight is 242 g/mol. The second-order valence-electron chi connectivity index (χ2n) is 5.93. The third-order valence-corrected chi connectivity index (χ3v) is 3.00. The number of fused-ring (bicyclic) bond motifs is 1. The zero-order chi connectivity index (χ0) is 13.2. The fraction of sp³-hybridized carbons (Fsp3) is 0.412. The number of benzene rings is 2. The Labute approximate surface area is 110 Å². The Morgan fingerprint density at radius 1 is 1.00 bits per heavy atom. The maximum atomic E-state index is 5.79. The first-order valence-corrected chi connectivity index (χ1v) is 6.65. The molecule has 0 bridgehead atoms. The quantitative estimate of drug-likeness (QED) is 0.749. The molecule has 18 heavy (non-hydrogen) atoms. The van der Waals surface area contributed by atoms with E-state index in [9.17, 15) is 0 Å². The summed E-state index contributed by atoms with van der Waals surface area (Å²) < 4.78 is 5.79. The van der Waals surface area contributed by atoms with Crippen LogP contribution < -0.4 is 4.74 Å². The van der Waals surface area contributed by atoms with Crippen molar-refractivity contribution < 1.29 is 4.74 Å². The van der Waals surface area contributed by atoms with Crippen molar-refractivity contribution in [2.24, 2.45) is 5.41 Å². The van der Waals surface area contributed by atoms with Crippen LogP contribution in [-0.2, 0) is 6.42 Å². The molecule has 2 rings (SSSR count). The summed E-state index contributed by atoms with van der Waals surface area (Å²) in [6, 6.07) is 12.8. The monoisotopic (exact) mass is 242 g/mol. The number of ether oxygens (including phenoxy) is 1. The fourth-order valence-electron chi connectivity index (χ4n) is 2.32. The van der Waals surface area contributed by atoms with E-state index in [1.54, 1.807) is 0 Å². The normalized spacial score (nSPS) is 11.8. The van der Waals surface area contributed by atoms with E-state index in [1.807, 2.05) is 6.92 Å². The summed E-state index contributed by atoms with van der Waals surface area (Å²) in [5, 5.41) is 2.61. The van der Waals surface area contributed by atoms with E-state index in [0.717, 1.165) is 18.8 Å². The third-order valence-electron chi connectivity index (χ3n) is 3.00. The summed E-state index contributed by atoms with van der Waals surface area (Å²) >= 11 is 0. The Bertz CT molecular complexity index is 535. The van der Waals surface area contributed by atoms with Crippen molar-refractivity contribution in [2.45, 2.75) is 34.1 Å². The van der Waals surface area contributed by atoms with Crippen LogP contribution in [0.25, 0.3) is 10.8 Å². The highest BCUT2D eigenvalue weighted by atomic mass is 16.5. The van der Waals surface area contributed by atoms with E-state index < -0.39 is 0 Å². The van der Waals surface area contributed by atoms with Gasteiger partial charge in [0.1, 0.15) is 5.75 Å². The Balaban J connectivity index is 2.58. The lowest BCUT2D eigenvalue weighted by Crippen LogP contribution is -2.11. The van der Waals surface area contributed by atoms with Crippen molar-refractivity contribution in [1.29, 1.82) is 0 Å². The van der Waals surface area contributed by atoms with Gasteiger partial charge in [0.2, 0.25) is 0 Å². The highest BCUT2D eigenvalue weighted by Gasteiger charge is 2.17. The first kappa shape index (κ1) is 12.9. The van der Waals surface area contributed by atoms with E-state index >= 15 is 0 Å². The van der Waals surface area contributed by atoms with Gasteiger partial charge in [-0.25, -0.2) is 0 Å². The summed E-state index contributed by atoms with van der Waals surface area (Å²) in [7, 11) is 0. The molecule has 0 N–H and O–H groups in total. The zero-order valence-electron chi connectivity index (χ0n) is 11.8. The van der Waals surface area contributed by atoms with Gasteiger partial charge < -0.3 is 4.74 Å². The number of hydrogen-bond acceptors (Lipinski definition) is 1. The molecule has 0 radical (unpaired) electrons. The second-order valence-corrected chi connectivity index (χ2v) is 5.93. The summed E-state index contributed by atoms with van der Waals surface area (Å²) in [6.07, 6.45) is 1.03. The Morgan fingerprint density at radius 3 is 2.39 bits per heavy atom. The Kier molecular flexibility index (Phi) is 3.60. The van der Waals surface area contributed by atoms with Crippen molar-refractivity contribution in [1.82, 2.24) is 0 Å². The zero-order valence-corrected chi connectivity index (χ0v) is 11.8. The molecular weight excluding hydrogens is 220 g/mol. The van der Waals surface area contributed by atoms with Crippen molar-refractivity contribution >= 4 is 10.8 Å². The smallest absolute Gasteiger partial charge is 0.123 e. The number of rotatable bonds is 3. The highest BCUT2D eigenvalue weighted by molar-refractivity contribution is 5.87. The molecule has 0 unspecified atom stereocenters. The Hall–Kier alpha value is -1.50. The van der Waals surface area contributed by atoms with E-state index in [2.05, 4.69) is 57.2 Å². The molecule has 0 heterocycles. The van der Waals surface area contributed by atoms with Crippen LogP contribution in [0.3, 0.4) is 0 Å². The molecule has 0 saturated carbocycles. The van der Waals surface area contributed by atoms with Crippen LogP contribution >= 0.6 is 0 Å². The van der Waals surface area contributed by atoms with Crippen LogP contribution in [0.2, 0.25) is 0 Å². The van der Waals surface area contributed by atoms with Gasteiger partial charge in [0.05, 0.1) is 6.61 Å². The van der Waals surface area contributed by atoms with Gasteiger partial charge in [0, 0.05) is 5.56 Å². The highest BCUT2D eigenvalue weighted by Crippen LogP contribution is 2.33. The summed E-state index contributed by atoms with van der Waals surface area (Å²) in [5.41, 5.74) is 1.60. The van der Waals surface area contributed by atoms with Crippen LogP contribution in [-0.4, -0.2) is 6.61 Å². The van der Waals surface area contributed by atoms with Gasteiger partial charge in [-0.1, -0.05) is 51.1 Å². The predicted molar refractivity (Wildman–Crippen MR) is 78.3 cm³/mol. The topological polar surface area (TPSA) is 9.23 Å². The van der Waals surface area contributed by atoms with Crippen molar-refractivity contribution in [3.8, 4) is 5.75 Å². The van der Waals surface area contributed by atoms with Crippen molar-refractivity contribution in [3.05, 3.63) is 42.0 Å². The molecule has 1 heteroatoms. The van der Waals surface area contributed by atoms with Crippen LogP contribution in [0.15, 0.2) is 36.4 Å². The molecule has 0 fully saturated rings. The van der Waals surface area contributed by atoms with Crippen LogP contribution in [0.5, 0.6) is 5.75 Å². The fourth-order valence-corrected chi connectivity index (χ4v) is 2.32. The molecule has 0 atom stereocenters. The van der Waals surface area contributed by atoms with Gasteiger partial charge in [-0.15, -0.1) is 0 Å². The molecule has 0 aromatic heterocycles. The Morgan fingerprint density at radius 2 is 1.72 bits per heavy atom. The lowest BCUT2D eigenvalue weighted by Gasteiger charge is -2.22. The van der Waals surface area contributed by atoms with Gasteiger partial charge >= 0.3 is 0 Å². The molecule has 2 aromatic rings. The van der Waals surface area contributed by atoms with E-state index in [-0.39, 0.29) is 5.41 Å². The first-order chi connectivity index (χ1) is 8.51. The minimum atomic E-state index is 0.260. The van der Waals surface area contributed by atoms with E-state index in [1.165, 1.54) is 16.3 Å². The number of hydrogen-bond donors (Lipinski definition) is 0. The van der Waals surface area contributed by atoms with Crippen LogP contribution in [0, 0.1) is 5.41 Å². The SMILES string of the molecule is CCOc1ccc2ccccc2c1CC(C)(C)C. The predicted octanol–water partition coefficient (Wildman–Crippen LogP) is 4.83. The standard InChI is InChI=1S/C17H22O/c1-5-18-16-11-10-13-8-6-7-9-14(13)15(16)12-17(2,3)4/h6-11H,5,12H2,1-4H3. The summed E-state index contributed by atoms with van der Waals surface area (Å²) in [5.74, 6) is 1.03. The van der Waals surface area contributed by atoms with Crippen LogP contribution in [0.4, 0.5) is 0 Å². The maximum Gasteiger partial charge on any atom is 0.123 e. The maximum absolute atomic E-state index is 5.79. The van der Waals surface area contributed by atoms with Crippen molar-refractivity contribution in [2.75, 3.05) is 6.61 Å². The van der Waals surface area contributed by atoms with Gasteiger partial charge in [-0.3, -0.25) is 0 Å². The molecule has 0 aliphatic rings. The molecule has 0 aliphatic heterocycles. The summed E-state index contributed by atoms with van der Waals surface area (Å²) in [6.45, 7) is 9.56. The third kappa shape index (κ3) is 2.84. The van der Waals surface area contributed by atoms with Gasteiger partial charge in [-0.2, -0.15) is 0 Å². The lowest BCUT2D eigenvalue weighted by molar-refractivity contribution is 0.328. The van der Waals surface area contributed by atoms with Crippen molar-refractivity contribution in [3.63, 3.8) is 0 Å². The first-order valence-electron chi connectivity index (χ1n) is 6.65. The molecule has 96 valence electrons. The van der Waals surface area contributed by atoms with Gasteiger partial charge in [0.15, 0.2) is 0 Å². The van der Waals surface area contributed by atoms with Crippen LogP contribution in [0.1, 0.15) is 33.3 Å². The second kappa shape index (κ2) is 5.01. The minimum absolute atomic E-state index is 0.260. The molecule has 0 saturated heterocycles.